The van der Waals surface area contributed by atoms with Gasteiger partial charge >= 0.3 is 5.69 Å². The van der Waals surface area contributed by atoms with Crippen molar-refractivity contribution in [3.8, 4) is 0 Å². The molecule has 6 heteroatoms. The molecule has 1 aromatic heterocycles. The van der Waals surface area contributed by atoms with Gasteiger partial charge in [-0.25, -0.2) is 0 Å². The van der Waals surface area contributed by atoms with E-state index in [9.17, 15) is 10.1 Å². The van der Waals surface area contributed by atoms with Crippen molar-refractivity contribution in [1.82, 2.24) is 9.30 Å². The molecule has 10 heavy (non-hydrogen) atoms. The Morgan fingerprint density at radius 3 is 2.70 bits per heavy atom. The first-order chi connectivity index (χ1) is 4.61. The molecule has 0 saturated carbocycles. The summed E-state index contributed by atoms with van der Waals surface area (Å²) in [5.74, 6) is 0. The van der Waals surface area contributed by atoms with Crippen molar-refractivity contribution in [2.24, 2.45) is 0 Å². The Bertz CT molecular complexity index is 269. The molecule has 1 heterocycles. The van der Waals surface area contributed by atoms with Gasteiger partial charge in [0.1, 0.15) is 11.9 Å². The number of aryl methyl sites for hydroxylation is 1. The van der Waals surface area contributed by atoms with Gasteiger partial charge in [-0.1, -0.05) is 0 Å². The van der Waals surface area contributed by atoms with Gasteiger partial charge < -0.3 is 0 Å². The number of halogens is 1. The lowest BCUT2D eigenvalue weighted by Crippen LogP contribution is -1.86. The fraction of sp³-hybridized carbons (Fsp3) is 0.250. The standard InChI is InChI=1S/C4H4ClN3O2/c1-3-4(8(9)10)2-7(5)6-3/h2H,1H3. The molecule has 0 radical (unpaired) electrons. The molecule has 0 N–H and O–H groups in total. The van der Waals surface area contributed by atoms with E-state index in [4.69, 9.17) is 11.8 Å². The Balaban J connectivity index is 3.15. The summed E-state index contributed by atoms with van der Waals surface area (Å²) in [4.78, 5) is 9.60. The van der Waals surface area contributed by atoms with Crippen molar-refractivity contribution < 1.29 is 4.92 Å². The first kappa shape index (κ1) is 7.01. The maximum atomic E-state index is 10.1. The van der Waals surface area contributed by atoms with Crippen molar-refractivity contribution in [1.29, 1.82) is 0 Å². The summed E-state index contributed by atoms with van der Waals surface area (Å²) >= 11 is 5.31. The van der Waals surface area contributed by atoms with Gasteiger partial charge in [-0.2, -0.15) is 9.30 Å². The first-order valence-electron chi connectivity index (χ1n) is 2.48. The average molecular weight is 162 g/mol. The summed E-state index contributed by atoms with van der Waals surface area (Å²) in [6, 6.07) is 0. The summed E-state index contributed by atoms with van der Waals surface area (Å²) in [6.07, 6.45) is 1.15. The fourth-order valence-electron chi connectivity index (χ4n) is 0.597. The van der Waals surface area contributed by atoms with E-state index in [-0.39, 0.29) is 5.69 Å². The molecule has 0 bridgehead atoms. The lowest BCUT2D eigenvalue weighted by atomic mass is 10.4. The number of rotatable bonds is 1. The quantitative estimate of drug-likeness (QED) is 0.458. The third-order valence-corrected chi connectivity index (χ3v) is 1.21. The highest BCUT2D eigenvalue weighted by Gasteiger charge is 2.13. The third kappa shape index (κ3) is 1.08. The Morgan fingerprint density at radius 2 is 2.50 bits per heavy atom. The molecule has 1 rings (SSSR count). The molecule has 0 unspecified atom stereocenters. The van der Waals surface area contributed by atoms with Gasteiger partial charge in [0.05, 0.1) is 4.92 Å². The summed E-state index contributed by atoms with van der Waals surface area (Å²) < 4.78 is 0.896. The predicted molar refractivity (Wildman–Crippen MR) is 34.9 cm³/mol. The molecule has 0 aliphatic carbocycles. The van der Waals surface area contributed by atoms with Crippen LogP contribution in [-0.4, -0.2) is 14.2 Å². The van der Waals surface area contributed by atoms with Crippen molar-refractivity contribution in [2.45, 2.75) is 6.92 Å². The van der Waals surface area contributed by atoms with E-state index < -0.39 is 4.92 Å². The smallest absolute Gasteiger partial charge is 0.258 e. The highest BCUT2D eigenvalue weighted by atomic mass is 35.5. The largest absolute Gasteiger partial charge is 0.311 e. The minimum absolute atomic E-state index is 0.0602. The van der Waals surface area contributed by atoms with Gasteiger partial charge in [0.15, 0.2) is 0 Å². The van der Waals surface area contributed by atoms with Crippen molar-refractivity contribution in [3.05, 3.63) is 22.0 Å². The van der Waals surface area contributed by atoms with E-state index in [0.717, 1.165) is 10.4 Å². The molecular formula is C4H4ClN3O2. The molecule has 0 aliphatic heterocycles. The molecule has 0 aromatic carbocycles. The SMILES string of the molecule is Cc1nn(Cl)cc1[N+](=O)[O-]. The van der Waals surface area contributed by atoms with Gasteiger partial charge in [-0.3, -0.25) is 10.1 Å². The second-order valence-electron chi connectivity index (χ2n) is 1.75. The minimum atomic E-state index is -0.527. The van der Waals surface area contributed by atoms with E-state index in [1.165, 1.54) is 6.92 Å². The van der Waals surface area contributed by atoms with E-state index in [1.54, 1.807) is 0 Å². The zero-order valence-corrected chi connectivity index (χ0v) is 5.87. The maximum Gasteiger partial charge on any atom is 0.311 e. The van der Waals surface area contributed by atoms with E-state index >= 15 is 0 Å². The molecular weight excluding hydrogens is 158 g/mol. The monoisotopic (exact) mass is 161 g/mol. The first-order valence-corrected chi connectivity index (χ1v) is 2.82. The predicted octanol–water partition coefficient (Wildman–Crippen LogP) is 1.10. The minimum Gasteiger partial charge on any atom is -0.258 e. The fourth-order valence-corrected chi connectivity index (χ4v) is 0.803. The molecule has 0 saturated heterocycles. The lowest BCUT2D eigenvalue weighted by molar-refractivity contribution is -0.385. The molecule has 0 atom stereocenters. The van der Waals surface area contributed by atoms with Gasteiger partial charge in [0, 0.05) is 11.8 Å². The Hall–Kier alpha value is -1.10. The Morgan fingerprint density at radius 1 is 1.90 bits per heavy atom. The number of hydrogen-bond acceptors (Lipinski definition) is 3. The second kappa shape index (κ2) is 2.26. The summed E-state index contributed by atoms with van der Waals surface area (Å²) in [5, 5.41) is 13.7. The van der Waals surface area contributed by atoms with Crippen LogP contribution in [0.2, 0.25) is 0 Å². The van der Waals surface area contributed by atoms with E-state index in [2.05, 4.69) is 5.10 Å². The van der Waals surface area contributed by atoms with Crippen LogP contribution in [-0.2, 0) is 0 Å². The van der Waals surface area contributed by atoms with Crippen LogP contribution in [0.1, 0.15) is 5.69 Å². The molecule has 0 spiro atoms. The summed E-state index contributed by atoms with van der Waals surface area (Å²) in [6.45, 7) is 1.52. The van der Waals surface area contributed by atoms with Crippen molar-refractivity contribution in [3.63, 3.8) is 0 Å². The van der Waals surface area contributed by atoms with Crippen LogP contribution in [0.25, 0.3) is 0 Å². The molecule has 5 nitrogen and oxygen atoms in total. The van der Waals surface area contributed by atoms with Crippen LogP contribution >= 0.6 is 11.8 Å². The van der Waals surface area contributed by atoms with Crippen molar-refractivity contribution in [2.75, 3.05) is 0 Å². The normalized spacial score (nSPS) is 9.80. The molecule has 0 fully saturated rings. The van der Waals surface area contributed by atoms with Crippen LogP contribution < -0.4 is 0 Å². The van der Waals surface area contributed by atoms with Crippen LogP contribution in [0.4, 0.5) is 5.69 Å². The number of nitro groups is 1. The zero-order chi connectivity index (χ0) is 7.72. The van der Waals surface area contributed by atoms with Crippen LogP contribution in [0.15, 0.2) is 6.20 Å². The van der Waals surface area contributed by atoms with Gasteiger partial charge in [0.2, 0.25) is 0 Å². The van der Waals surface area contributed by atoms with E-state index in [1.807, 2.05) is 0 Å². The molecule has 54 valence electrons. The number of aromatic nitrogens is 2. The lowest BCUT2D eigenvalue weighted by Gasteiger charge is -1.81. The molecule has 0 aliphatic rings. The topological polar surface area (TPSA) is 61.0 Å². The second-order valence-corrected chi connectivity index (χ2v) is 2.09. The molecule has 0 amide bonds. The molecule has 1 aromatic rings. The summed E-state index contributed by atoms with van der Waals surface area (Å²) in [7, 11) is 0. The Kier molecular flexibility index (Phi) is 1.58. The summed E-state index contributed by atoms with van der Waals surface area (Å²) in [5.41, 5.74) is 0.259. The van der Waals surface area contributed by atoms with Crippen LogP contribution in [0.3, 0.4) is 0 Å². The third-order valence-electron chi connectivity index (χ3n) is 1.04. The highest BCUT2D eigenvalue weighted by molar-refractivity contribution is 6.14. The number of nitrogens with zero attached hydrogens (tertiary/aromatic N) is 3. The van der Waals surface area contributed by atoms with Gasteiger partial charge in [-0.05, 0) is 6.92 Å². The zero-order valence-electron chi connectivity index (χ0n) is 5.11. The van der Waals surface area contributed by atoms with Crippen LogP contribution in [0.5, 0.6) is 0 Å². The highest BCUT2D eigenvalue weighted by Crippen LogP contribution is 2.14. The average Bonchev–Trinajstić information content (AvgIpc) is 2.10. The van der Waals surface area contributed by atoms with Crippen LogP contribution in [0, 0.1) is 17.0 Å². The Labute approximate surface area is 61.5 Å². The van der Waals surface area contributed by atoms with Gasteiger partial charge in [-0.15, -0.1) is 0 Å². The van der Waals surface area contributed by atoms with E-state index in [0.29, 0.717) is 5.69 Å². The number of hydrogen-bond donors (Lipinski definition) is 0. The van der Waals surface area contributed by atoms with Gasteiger partial charge in [0.25, 0.3) is 0 Å². The maximum absolute atomic E-state index is 10.1. The van der Waals surface area contributed by atoms with Crippen molar-refractivity contribution >= 4 is 17.5 Å².